The minimum atomic E-state index is -0.383. The summed E-state index contributed by atoms with van der Waals surface area (Å²) in [7, 11) is 1.97. The summed E-state index contributed by atoms with van der Waals surface area (Å²) in [6, 6.07) is 8.57. The average molecular weight is 538 g/mol. The Bertz CT molecular complexity index is 1850. The summed E-state index contributed by atoms with van der Waals surface area (Å²) in [6.07, 6.45) is 7.76. The Morgan fingerprint density at radius 1 is 1.02 bits per heavy atom. The van der Waals surface area contributed by atoms with Crippen molar-refractivity contribution in [3.8, 4) is 39.8 Å². The molecule has 0 aliphatic carbocycles. The minimum Gasteiger partial charge on any atom is -0.492 e. The molecule has 0 bridgehead atoms. The highest BCUT2D eigenvalue weighted by molar-refractivity contribution is 5.96. The molecule has 1 aliphatic rings. The van der Waals surface area contributed by atoms with Crippen molar-refractivity contribution in [2.75, 3.05) is 26.2 Å². The Morgan fingerprint density at radius 3 is 2.73 bits per heavy atom. The topological polar surface area (TPSA) is 113 Å². The fourth-order valence-corrected chi connectivity index (χ4v) is 5.34. The van der Waals surface area contributed by atoms with Crippen molar-refractivity contribution in [1.29, 1.82) is 0 Å². The van der Waals surface area contributed by atoms with Gasteiger partial charge in [-0.25, -0.2) is 19.3 Å². The van der Waals surface area contributed by atoms with E-state index in [0.29, 0.717) is 46.3 Å². The van der Waals surface area contributed by atoms with Crippen LogP contribution in [0, 0.1) is 12.7 Å². The highest BCUT2D eigenvalue weighted by Gasteiger charge is 2.18. The van der Waals surface area contributed by atoms with E-state index in [0.717, 1.165) is 47.6 Å². The highest BCUT2D eigenvalue weighted by atomic mass is 19.1. The molecule has 1 aromatic carbocycles. The Kier molecular flexibility index (Phi) is 6.00. The van der Waals surface area contributed by atoms with E-state index in [1.807, 2.05) is 42.9 Å². The third-order valence-electron chi connectivity index (χ3n) is 7.58. The number of aryl methyl sites for hydroxylation is 1. The predicted molar refractivity (Wildman–Crippen MR) is 150 cm³/mol. The number of nitrogens with one attached hydrogen (secondary N) is 2. The van der Waals surface area contributed by atoms with Crippen LogP contribution in [-0.4, -0.2) is 70.8 Å². The number of hydrogen-bond donors (Lipinski definition) is 2. The number of likely N-dealkylation sites (tertiary alicyclic amines) is 1. The molecule has 6 aromatic rings. The summed E-state index contributed by atoms with van der Waals surface area (Å²) in [5.74, 6) is 1.60. The molecule has 0 amide bonds. The Morgan fingerprint density at radius 2 is 1.90 bits per heavy atom. The molecule has 0 saturated carbocycles. The molecule has 2 N–H and O–H groups in total. The van der Waals surface area contributed by atoms with Crippen molar-refractivity contribution >= 4 is 22.1 Å². The van der Waals surface area contributed by atoms with E-state index in [1.54, 1.807) is 12.4 Å². The van der Waals surface area contributed by atoms with Crippen molar-refractivity contribution in [3.63, 3.8) is 0 Å². The van der Waals surface area contributed by atoms with Crippen molar-refractivity contribution < 1.29 is 9.13 Å². The molecule has 1 aliphatic heterocycles. The van der Waals surface area contributed by atoms with E-state index in [2.05, 4.69) is 35.0 Å². The van der Waals surface area contributed by atoms with Crippen LogP contribution < -0.4 is 4.74 Å². The van der Waals surface area contributed by atoms with Crippen LogP contribution in [0.1, 0.15) is 18.7 Å². The van der Waals surface area contributed by atoms with Gasteiger partial charge in [-0.2, -0.15) is 5.10 Å². The molecule has 0 atom stereocenters. The first kappa shape index (κ1) is 24.4. The molecule has 6 heterocycles. The number of benzene rings is 1. The van der Waals surface area contributed by atoms with Gasteiger partial charge in [0, 0.05) is 43.2 Å². The molecule has 0 spiro atoms. The summed E-state index contributed by atoms with van der Waals surface area (Å²) < 4.78 is 22.6. The van der Waals surface area contributed by atoms with Crippen molar-refractivity contribution in [1.82, 2.24) is 44.6 Å². The quantitative estimate of drug-likeness (QED) is 0.298. The molecule has 40 heavy (non-hydrogen) atoms. The van der Waals surface area contributed by atoms with Gasteiger partial charge in [-0.1, -0.05) is 0 Å². The molecule has 7 rings (SSSR count). The lowest BCUT2D eigenvalue weighted by Gasteiger charge is -2.15. The van der Waals surface area contributed by atoms with Crippen molar-refractivity contribution in [3.05, 3.63) is 60.6 Å². The monoisotopic (exact) mass is 537 g/mol. The van der Waals surface area contributed by atoms with E-state index in [-0.39, 0.29) is 5.82 Å². The fourth-order valence-electron chi connectivity index (χ4n) is 5.34. The zero-order valence-corrected chi connectivity index (χ0v) is 22.3. The van der Waals surface area contributed by atoms with Crippen LogP contribution in [0.4, 0.5) is 4.39 Å². The summed E-state index contributed by atoms with van der Waals surface area (Å²) in [4.78, 5) is 24.1. The molecule has 10 nitrogen and oxygen atoms in total. The first-order chi connectivity index (χ1) is 19.5. The lowest BCUT2D eigenvalue weighted by atomic mass is 10.1. The normalized spacial score (nSPS) is 14.1. The van der Waals surface area contributed by atoms with E-state index in [4.69, 9.17) is 9.72 Å². The van der Waals surface area contributed by atoms with Gasteiger partial charge in [0.2, 0.25) is 0 Å². The lowest BCUT2D eigenvalue weighted by Crippen LogP contribution is -2.25. The molecule has 202 valence electrons. The fraction of sp³-hybridized carbons (Fsp3) is 0.276. The summed E-state index contributed by atoms with van der Waals surface area (Å²) in [5.41, 5.74) is 5.73. The van der Waals surface area contributed by atoms with Crippen LogP contribution in [-0.2, 0) is 7.05 Å². The number of aromatic nitrogens is 8. The number of H-pyrrole nitrogens is 2. The van der Waals surface area contributed by atoms with Gasteiger partial charge in [0.1, 0.15) is 35.2 Å². The number of ether oxygens (including phenoxy) is 1. The number of fused-ring (bicyclic) bond motifs is 2. The van der Waals surface area contributed by atoms with Gasteiger partial charge in [0.05, 0.1) is 28.5 Å². The number of aromatic amines is 2. The molecule has 0 radical (unpaired) electrons. The molecule has 0 unspecified atom stereocenters. The van der Waals surface area contributed by atoms with Gasteiger partial charge in [0.25, 0.3) is 0 Å². The van der Waals surface area contributed by atoms with Gasteiger partial charge in [-0.3, -0.25) is 15.0 Å². The number of hydrogen-bond acceptors (Lipinski definition) is 7. The lowest BCUT2D eigenvalue weighted by molar-refractivity contribution is 0.237. The first-order valence-electron chi connectivity index (χ1n) is 13.4. The number of halogens is 1. The maximum absolute atomic E-state index is 14.7. The van der Waals surface area contributed by atoms with Gasteiger partial charge >= 0.3 is 0 Å². The van der Waals surface area contributed by atoms with Crippen molar-refractivity contribution in [2.45, 2.75) is 19.8 Å². The van der Waals surface area contributed by atoms with Crippen LogP contribution in [0.25, 0.3) is 56.1 Å². The van der Waals surface area contributed by atoms with E-state index >= 15 is 0 Å². The largest absolute Gasteiger partial charge is 0.492 e. The summed E-state index contributed by atoms with van der Waals surface area (Å²) >= 11 is 0. The maximum atomic E-state index is 14.7. The number of pyridine rings is 2. The SMILES string of the molecule is Cc1ncc(-c2cnc3n[nH]c(-c4nc5c(-c6cc(F)cc(OCCN7CCCC7)c6)nccc5[nH]4)c3c2)n1C. The van der Waals surface area contributed by atoms with E-state index in [9.17, 15) is 4.39 Å². The van der Waals surface area contributed by atoms with Gasteiger partial charge in [-0.05, 0) is 57.1 Å². The molecule has 1 fully saturated rings. The third-order valence-corrected chi connectivity index (χ3v) is 7.58. The smallest absolute Gasteiger partial charge is 0.181 e. The molecule has 1 saturated heterocycles. The van der Waals surface area contributed by atoms with Gasteiger partial charge in [-0.15, -0.1) is 0 Å². The van der Waals surface area contributed by atoms with Crippen LogP contribution in [0.5, 0.6) is 5.75 Å². The van der Waals surface area contributed by atoms with Crippen LogP contribution in [0.15, 0.2) is 48.9 Å². The second kappa shape index (κ2) is 9.83. The number of nitrogens with zero attached hydrogens (tertiary/aromatic N) is 7. The number of imidazole rings is 2. The summed E-state index contributed by atoms with van der Waals surface area (Å²) in [6.45, 7) is 5.49. The molecule has 5 aromatic heterocycles. The summed E-state index contributed by atoms with van der Waals surface area (Å²) in [5, 5.41) is 8.29. The first-order valence-corrected chi connectivity index (χ1v) is 13.4. The minimum absolute atomic E-state index is 0.383. The molecule has 11 heteroatoms. The Labute approximate surface area is 229 Å². The Hall–Kier alpha value is -4.64. The van der Waals surface area contributed by atoms with Crippen LogP contribution in [0.3, 0.4) is 0 Å². The zero-order valence-electron chi connectivity index (χ0n) is 22.3. The Balaban J connectivity index is 1.23. The van der Waals surface area contributed by atoms with E-state index < -0.39 is 0 Å². The van der Waals surface area contributed by atoms with Gasteiger partial charge < -0.3 is 14.3 Å². The van der Waals surface area contributed by atoms with E-state index in [1.165, 1.54) is 25.0 Å². The maximum Gasteiger partial charge on any atom is 0.181 e. The molecular weight excluding hydrogens is 509 g/mol. The standard InChI is InChI=1S/C29H28FN9O/c1-17-32-16-24(38(17)2)19-13-22-26(36-37-28(22)33-15-19)29-34-23-5-6-31-25(27(23)35-29)18-11-20(30)14-21(12-18)40-10-9-39-7-3-4-8-39/h5-6,11-16H,3-4,7-10H2,1-2H3,(H,34,35)(H,33,36,37). The number of rotatable bonds is 7. The second-order valence-corrected chi connectivity index (χ2v) is 10.2. The van der Waals surface area contributed by atoms with Gasteiger partial charge in [0.15, 0.2) is 11.5 Å². The van der Waals surface area contributed by atoms with Crippen LogP contribution in [0.2, 0.25) is 0 Å². The molecular formula is C29H28FN9O. The van der Waals surface area contributed by atoms with Crippen LogP contribution >= 0.6 is 0 Å². The second-order valence-electron chi connectivity index (χ2n) is 10.2. The average Bonchev–Trinajstić information content (AvgIpc) is 3.75. The van der Waals surface area contributed by atoms with Crippen molar-refractivity contribution in [2.24, 2.45) is 7.05 Å². The third kappa shape index (κ3) is 4.37. The highest BCUT2D eigenvalue weighted by Crippen LogP contribution is 2.33. The predicted octanol–water partition coefficient (Wildman–Crippen LogP) is 4.89. The zero-order chi connectivity index (χ0) is 27.2.